The van der Waals surface area contributed by atoms with E-state index in [0.29, 0.717) is 17.1 Å². The smallest absolute Gasteiger partial charge is 0.252 e. The standard InChI is InChI=1S/C12H20N4O/c1-12(2,3)4-5-15-11-9(10(14)17)6-8(13)7-16-11/h6-7H,4-5,13H2,1-3H3,(H2,14,17)(H,15,16). The van der Waals surface area contributed by atoms with E-state index in [1.807, 2.05) is 0 Å². The predicted molar refractivity (Wildman–Crippen MR) is 69.7 cm³/mol. The maximum Gasteiger partial charge on any atom is 0.252 e. The highest BCUT2D eigenvalue weighted by atomic mass is 16.1. The summed E-state index contributed by atoms with van der Waals surface area (Å²) in [5, 5.41) is 3.11. The average molecular weight is 236 g/mol. The lowest BCUT2D eigenvalue weighted by Gasteiger charge is -2.18. The summed E-state index contributed by atoms with van der Waals surface area (Å²) in [6.45, 7) is 7.20. The summed E-state index contributed by atoms with van der Waals surface area (Å²) in [5.41, 5.74) is 11.8. The molecule has 5 N–H and O–H groups in total. The number of aromatic nitrogens is 1. The zero-order chi connectivity index (χ0) is 13.1. The molecule has 0 aliphatic heterocycles. The molecule has 5 nitrogen and oxygen atoms in total. The van der Waals surface area contributed by atoms with Crippen molar-refractivity contribution in [3.05, 3.63) is 17.8 Å². The van der Waals surface area contributed by atoms with Crippen molar-refractivity contribution in [2.24, 2.45) is 11.1 Å². The molecule has 5 heteroatoms. The van der Waals surface area contributed by atoms with Gasteiger partial charge >= 0.3 is 0 Å². The number of hydrogen-bond donors (Lipinski definition) is 3. The first-order chi connectivity index (χ1) is 7.79. The number of amides is 1. The highest BCUT2D eigenvalue weighted by Crippen LogP contribution is 2.20. The van der Waals surface area contributed by atoms with Gasteiger partial charge in [-0.25, -0.2) is 4.98 Å². The van der Waals surface area contributed by atoms with Crippen LogP contribution in [0.2, 0.25) is 0 Å². The second kappa shape index (κ2) is 5.03. The van der Waals surface area contributed by atoms with Crippen molar-refractivity contribution >= 4 is 17.4 Å². The Morgan fingerprint density at radius 2 is 2.12 bits per heavy atom. The third-order valence-electron chi connectivity index (χ3n) is 2.34. The normalized spacial score (nSPS) is 11.2. The monoisotopic (exact) mass is 236 g/mol. The Bertz CT molecular complexity index is 409. The summed E-state index contributed by atoms with van der Waals surface area (Å²) in [6, 6.07) is 1.54. The number of pyridine rings is 1. The van der Waals surface area contributed by atoms with Crippen molar-refractivity contribution in [1.82, 2.24) is 4.98 Å². The van der Waals surface area contributed by atoms with Gasteiger partial charge in [0, 0.05) is 6.54 Å². The summed E-state index contributed by atoms with van der Waals surface area (Å²) in [6.07, 6.45) is 2.48. The van der Waals surface area contributed by atoms with Crippen molar-refractivity contribution in [2.45, 2.75) is 27.2 Å². The van der Waals surface area contributed by atoms with Crippen LogP contribution in [0.1, 0.15) is 37.6 Å². The fraction of sp³-hybridized carbons (Fsp3) is 0.500. The number of nitrogens with one attached hydrogen (secondary N) is 1. The van der Waals surface area contributed by atoms with Crippen molar-refractivity contribution in [3.63, 3.8) is 0 Å². The van der Waals surface area contributed by atoms with Crippen LogP contribution in [0.15, 0.2) is 12.3 Å². The van der Waals surface area contributed by atoms with Crippen molar-refractivity contribution < 1.29 is 4.79 Å². The van der Waals surface area contributed by atoms with Gasteiger partial charge in [-0.15, -0.1) is 0 Å². The number of nitrogens with zero attached hydrogens (tertiary/aromatic N) is 1. The fourth-order valence-corrected chi connectivity index (χ4v) is 1.37. The molecule has 0 saturated carbocycles. The molecule has 1 aromatic heterocycles. The molecule has 0 aromatic carbocycles. The van der Waals surface area contributed by atoms with E-state index in [2.05, 4.69) is 31.1 Å². The maximum atomic E-state index is 11.2. The van der Waals surface area contributed by atoms with Crippen molar-refractivity contribution in [1.29, 1.82) is 0 Å². The first kappa shape index (κ1) is 13.3. The van der Waals surface area contributed by atoms with Crippen molar-refractivity contribution in [3.8, 4) is 0 Å². The molecule has 1 heterocycles. The van der Waals surface area contributed by atoms with Gasteiger partial charge in [-0.05, 0) is 17.9 Å². The molecule has 94 valence electrons. The third-order valence-corrected chi connectivity index (χ3v) is 2.34. The minimum absolute atomic E-state index is 0.230. The van der Waals surface area contributed by atoms with Crippen LogP contribution in [-0.4, -0.2) is 17.4 Å². The maximum absolute atomic E-state index is 11.2. The van der Waals surface area contributed by atoms with E-state index in [0.717, 1.165) is 13.0 Å². The lowest BCUT2D eigenvalue weighted by Crippen LogP contribution is -2.18. The van der Waals surface area contributed by atoms with E-state index in [1.54, 1.807) is 0 Å². The topological polar surface area (TPSA) is 94.0 Å². The van der Waals surface area contributed by atoms with E-state index in [-0.39, 0.29) is 5.41 Å². The molecule has 0 fully saturated rings. The molecule has 0 bridgehead atoms. The summed E-state index contributed by atoms with van der Waals surface area (Å²) in [5.74, 6) is -0.0287. The highest BCUT2D eigenvalue weighted by molar-refractivity contribution is 5.98. The largest absolute Gasteiger partial charge is 0.397 e. The molecule has 1 aromatic rings. The van der Waals surface area contributed by atoms with E-state index in [9.17, 15) is 4.79 Å². The van der Waals surface area contributed by atoms with Crippen LogP contribution < -0.4 is 16.8 Å². The second-order valence-corrected chi connectivity index (χ2v) is 5.27. The molecule has 0 aliphatic rings. The number of nitrogen functional groups attached to an aromatic ring is 1. The number of anilines is 2. The van der Waals surface area contributed by atoms with Gasteiger partial charge in [-0.3, -0.25) is 4.79 Å². The molecule has 0 radical (unpaired) electrons. The molecule has 0 atom stereocenters. The van der Waals surface area contributed by atoms with E-state index < -0.39 is 5.91 Å². The van der Waals surface area contributed by atoms with Gasteiger partial charge in [-0.1, -0.05) is 20.8 Å². The van der Waals surface area contributed by atoms with Gasteiger partial charge in [0.05, 0.1) is 17.4 Å². The van der Waals surface area contributed by atoms with Gasteiger partial charge in [0.15, 0.2) is 0 Å². The summed E-state index contributed by atoms with van der Waals surface area (Å²) in [4.78, 5) is 15.3. The van der Waals surface area contributed by atoms with Gasteiger partial charge in [0.2, 0.25) is 0 Å². The van der Waals surface area contributed by atoms with Crippen LogP contribution in [0, 0.1) is 5.41 Å². The minimum atomic E-state index is -0.525. The Kier molecular flexibility index (Phi) is 3.93. The number of rotatable bonds is 4. The molecular formula is C12H20N4O. The Labute approximate surface area is 102 Å². The zero-order valence-corrected chi connectivity index (χ0v) is 10.6. The first-order valence-corrected chi connectivity index (χ1v) is 5.59. The first-order valence-electron chi connectivity index (χ1n) is 5.59. The van der Waals surface area contributed by atoms with Crippen molar-refractivity contribution in [2.75, 3.05) is 17.6 Å². The molecular weight excluding hydrogens is 216 g/mol. The number of primary amides is 1. The number of nitrogens with two attached hydrogens (primary N) is 2. The third kappa shape index (κ3) is 4.30. The molecule has 17 heavy (non-hydrogen) atoms. The molecule has 0 aliphatic carbocycles. The quantitative estimate of drug-likeness (QED) is 0.740. The predicted octanol–water partition coefficient (Wildman–Crippen LogP) is 1.61. The van der Waals surface area contributed by atoms with Crippen LogP contribution >= 0.6 is 0 Å². The highest BCUT2D eigenvalue weighted by Gasteiger charge is 2.12. The molecule has 1 amide bonds. The Balaban J connectivity index is 2.74. The van der Waals surface area contributed by atoms with Crippen LogP contribution in [0.5, 0.6) is 0 Å². The Morgan fingerprint density at radius 3 is 2.65 bits per heavy atom. The van der Waals surface area contributed by atoms with Gasteiger partial charge in [0.25, 0.3) is 5.91 Å². The van der Waals surface area contributed by atoms with Crippen LogP contribution in [0.25, 0.3) is 0 Å². The molecule has 0 spiro atoms. The lowest BCUT2D eigenvalue weighted by molar-refractivity contribution is 0.100. The average Bonchev–Trinajstić information content (AvgIpc) is 2.18. The summed E-state index contributed by atoms with van der Waals surface area (Å²) < 4.78 is 0. The number of carbonyl (C=O) groups is 1. The fourth-order valence-electron chi connectivity index (χ4n) is 1.37. The Hall–Kier alpha value is -1.78. The summed E-state index contributed by atoms with van der Waals surface area (Å²) in [7, 11) is 0. The zero-order valence-electron chi connectivity index (χ0n) is 10.6. The SMILES string of the molecule is CC(C)(C)CCNc1ncc(N)cc1C(N)=O. The van der Waals surface area contributed by atoms with Gasteiger partial charge in [0.1, 0.15) is 5.82 Å². The van der Waals surface area contributed by atoms with Gasteiger partial charge < -0.3 is 16.8 Å². The molecule has 0 saturated heterocycles. The summed E-state index contributed by atoms with van der Waals surface area (Å²) >= 11 is 0. The molecule has 1 rings (SSSR count). The second-order valence-electron chi connectivity index (χ2n) is 5.27. The minimum Gasteiger partial charge on any atom is -0.397 e. The number of hydrogen-bond acceptors (Lipinski definition) is 4. The molecule has 0 unspecified atom stereocenters. The lowest BCUT2D eigenvalue weighted by atomic mass is 9.92. The van der Waals surface area contributed by atoms with E-state index in [1.165, 1.54) is 12.3 Å². The van der Waals surface area contributed by atoms with Gasteiger partial charge in [-0.2, -0.15) is 0 Å². The van der Waals surface area contributed by atoms with Crippen LogP contribution in [0.4, 0.5) is 11.5 Å². The van der Waals surface area contributed by atoms with Crippen LogP contribution in [0.3, 0.4) is 0 Å². The van der Waals surface area contributed by atoms with E-state index >= 15 is 0 Å². The van der Waals surface area contributed by atoms with E-state index in [4.69, 9.17) is 11.5 Å². The Morgan fingerprint density at radius 1 is 1.47 bits per heavy atom. The number of carbonyl (C=O) groups excluding carboxylic acids is 1. The van der Waals surface area contributed by atoms with Crippen LogP contribution in [-0.2, 0) is 0 Å².